The molecule has 0 aliphatic rings. The van der Waals surface area contributed by atoms with Crippen molar-refractivity contribution in [3.8, 4) is 0 Å². The van der Waals surface area contributed by atoms with Crippen LogP contribution in [-0.2, 0) is 24.2 Å². The molecular formula is C24H32N4O2S. The molecule has 0 aliphatic heterocycles. The number of benzene rings is 1. The van der Waals surface area contributed by atoms with Crippen LogP contribution in [0.2, 0.25) is 0 Å². The highest BCUT2D eigenvalue weighted by Gasteiger charge is 2.25. The van der Waals surface area contributed by atoms with Crippen molar-refractivity contribution in [3.63, 3.8) is 0 Å². The molecular weight excluding hydrogens is 408 g/mol. The largest absolute Gasteiger partial charge is 0.324 e. The fourth-order valence-electron chi connectivity index (χ4n) is 3.89. The van der Waals surface area contributed by atoms with E-state index < -0.39 is 6.04 Å². The topological polar surface area (TPSA) is 67.2 Å². The molecule has 1 unspecified atom stereocenters. The smallest absolute Gasteiger partial charge is 0.263 e. The van der Waals surface area contributed by atoms with E-state index in [0.29, 0.717) is 17.8 Å². The molecule has 7 heteroatoms. The Morgan fingerprint density at radius 3 is 2.35 bits per heavy atom. The van der Waals surface area contributed by atoms with Crippen LogP contribution >= 0.6 is 11.3 Å². The van der Waals surface area contributed by atoms with Gasteiger partial charge in [-0.25, -0.2) is 4.98 Å². The fourth-order valence-corrected chi connectivity index (χ4v) is 4.93. The fraction of sp³-hybridized carbons (Fsp3) is 0.458. The van der Waals surface area contributed by atoms with Crippen molar-refractivity contribution in [3.05, 3.63) is 55.9 Å². The van der Waals surface area contributed by atoms with E-state index in [0.717, 1.165) is 44.9 Å². The Bertz CT molecular complexity index is 1150. The van der Waals surface area contributed by atoms with E-state index in [1.165, 1.54) is 11.3 Å². The Morgan fingerprint density at radius 2 is 1.81 bits per heavy atom. The number of carbonyl (C=O) groups is 1. The molecule has 1 amide bonds. The summed E-state index contributed by atoms with van der Waals surface area (Å²) < 4.78 is 1.57. The Kier molecular flexibility index (Phi) is 6.96. The summed E-state index contributed by atoms with van der Waals surface area (Å²) in [6, 6.07) is 5.41. The summed E-state index contributed by atoms with van der Waals surface area (Å²) in [6.07, 6.45) is 1.65. The van der Waals surface area contributed by atoms with Crippen molar-refractivity contribution >= 4 is 33.1 Å². The number of hydrogen-bond donors (Lipinski definition) is 1. The van der Waals surface area contributed by atoms with Gasteiger partial charge in [0.25, 0.3) is 5.56 Å². The van der Waals surface area contributed by atoms with Gasteiger partial charge in [-0.05, 0) is 64.4 Å². The van der Waals surface area contributed by atoms with E-state index in [4.69, 9.17) is 4.98 Å². The molecule has 0 fully saturated rings. The summed E-state index contributed by atoms with van der Waals surface area (Å²) in [6.45, 7) is 10.4. The van der Waals surface area contributed by atoms with Gasteiger partial charge in [-0.3, -0.25) is 14.2 Å². The van der Waals surface area contributed by atoms with Crippen molar-refractivity contribution in [2.24, 2.45) is 0 Å². The first kappa shape index (κ1) is 23.2. The predicted molar refractivity (Wildman–Crippen MR) is 129 cm³/mol. The molecule has 2 heterocycles. The van der Waals surface area contributed by atoms with Crippen LogP contribution in [0.15, 0.2) is 23.0 Å². The van der Waals surface area contributed by atoms with Gasteiger partial charge in [-0.1, -0.05) is 32.0 Å². The lowest BCUT2D eigenvalue weighted by Gasteiger charge is -2.22. The van der Waals surface area contributed by atoms with E-state index in [-0.39, 0.29) is 11.5 Å². The molecule has 3 rings (SSSR count). The van der Waals surface area contributed by atoms with Crippen LogP contribution in [0.25, 0.3) is 10.2 Å². The Morgan fingerprint density at radius 1 is 1.19 bits per heavy atom. The number of hydrogen-bond acceptors (Lipinski definition) is 5. The van der Waals surface area contributed by atoms with Gasteiger partial charge in [-0.15, -0.1) is 11.3 Å². The summed E-state index contributed by atoms with van der Waals surface area (Å²) in [5.74, 6) is 0.398. The molecule has 0 saturated heterocycles. The molecule has 0 spiro atoms. The number of thiophene rings is 1. The minimum Gasteiger partial charge on any atom is -0.324 e. The van der Waals surface area contributed by atoms with Gasteiger partial charge < -0.3 is 10.2 Å². The van der Waals surface area contributed by atoms with Gasteiger partial charge in [0.2, 0.25) is 5.91 Å². The Labute approximate surface area is 187 Å². The van der Waals surface area contributed by atoms with Crippen molar-refractivity contribution in [2.45, 2.75) is 60.0 Å². The highest BCUT2D eigenvalue weighted by molar-refractivity contribution is 7.18. The lowest BCUT2D eigenvalue weighted by atomic mass is 10.0. The first-order valence-electron chi connectivity index (χ1n) is 10.8. The number of aromatic nitrogens is 2. The van der Waals surface area contributed by atoms with Crippen LogP contribution in [-0.4, -0.2) is 34.5 Å². The minimum atomic E-state index is -0.687. The Balaban J connectivity index is 2.10. The molecule has 31 heavy (non-hydrogen) atoms. The van der Waals surface area contributed by atoms with E-state index in [1.807, 2.05) is 51.0 Å². The first-order valence-corrected chi connectivity index (χ1v) is 11.6. The highest BCUT2D eigenvalue weighted by atomic mass is 32.1. The lowest BCUT2D eigenvalue weighted by Crippen LogP contribution is -2.36. The van der Waals surface area contributed by atoms with Crippen molar-refractivity contribution in [2.75, 3.05) is 19.4 Å². The molecule has 0 aliphatic carbocycles. The van der Waals surface area contributed by atoms with Crippen LogP contribution in [0.5, 0.6) is 0 Å². The molecule has 1 N–H and O–H groups in total. The number of aryl methyl sites for hydroxylation is 4. The van der Waals surface area contributed by atoms with Crippen molar-refractivity contribution < 1.29 is 4.79 Å². The normalized spacial score (nSPS) is 12.5. The standard InChI is InChI=1S/C24H32N4O2S/c1-8-17-11-10-12-18(9-2)21(17)26-22(29)15(4)28-19(13-27(6)7)25-23-20(24(28)30)14(3)16(5)31-23/h10-12,15H,8-9,13H2,1-7H3,(H,26,29). The summed E-state index contributed by atoms with van der Waals surface area (Å²) in [7, 11) is 3.86. The summed E-state index contributed by atoms with van der Waals surface area (Å²) in [5, 5.41) is 3.74. The summed E-state index contributed by atoms with van der Waals surface area (Å²) in [4.78, 5) is 35.5. The average Bonchev–Trinajstić information content (AvgIpc) is 3.01. The second kappa shape index (κ2) is 9.32. The lowest BCUT2D eigenvalue weighted by molar-refractivity contribution is -0.119. The van der Waals surface area contributed by atoms with Crippen LogP contribution in [0.3, 0.4) is 0 Å². The Hall–Kier alpha value is -2.51. The third-order valence-corrected chi connectivity index (χ3v) is 6.88. The zero-order chi connectivity index (χ0) is 22.9. The average molecular weight is 441 g/mol. The SMILES string of the molecule is CCc1cccc(CC)c1NC(=O)C(C)n1c(CN(C)C)nc2sc(C)c(C)c2c1=O. The van der Waals surface area contributed by atoms with Crippen molar-refractivity contribution in [1.29, 1.82) is 0 Å². The number of rotatable bonds is 7. The van der Waals surface area contributed by atoms with Crippen LogP contribution in [0.4, 0.5) is 5.69 Å². The predicted octanol–water partition coefficient (Wildman–Crippen LogP) is 4.46. The number of nitrogens with one attached hydrogen (secondary N) is 1. The maximum absolute atomic E-state index is 13.5. The molecule has 0 bridgehead atoms. The number of anilines is 1. The van der Waals surface area contributed by atoms with Gasteiger partial charge in [0.15, 0.2) is 0 Å². The monoisotopic (exact) mass is 440 g/mol. The van der Waals surface area contributed by atoms with E-state index >= 15 is 0 Å². The van der Waals surface area contributed by atoms with Gasteiger partial charge >= 0.3 is 0 Å². The van der Waals surface area contributed by atoms with E-state index in [1.54, 1.807) is 11.5 Å². The zero-order valence-corrected chi connectivity index (χ0v) is 20.3. The van der Waals surface area contributed by atoms with Gasteiger partial charge in [0.05, 0.1) is 11.9 Å². The maximum atomic E-state index is 13.5. The minimum absolute atomic E-state index is 0.147. The molecule has 166 valence electrons. The van der Waals surface area contributed by atoms with Crippen molar-refractivity contribution in [1.82, 2.24) is 14.5 Å². The molecule has 0 radical (unpaired) electrons. The van der Waals surface area contributed by atoms with E-state index in [9.17, 15) is 9.59 Å². The van der Waals surface area contributed by atoms with Gasteiger partial charge in [0.1, 0.15) is 16.7 Å². The quantitative estimate of drug-likeness (QED) is 0.589. The first-order chi connectivity index (χ1) is 14.7. The maximum Gasteiger partial charge on any atom is 0.263 e. The van der Waals surface area contributed by atoms with Gasteiger partial charge in [0, 0.05) is 10.6 Å². The van der Waals surface area contributed by atoms with Gasteiger partial charge in [-0.2, -0.15) is 0 Å². The summed E-state index contributed by atoms with van der Waals surface area (Å²) in [5.41, 5.74) is 3.85. The third-order valence-electron chi connectivity index (χ3n) is 5.78. The molecule has 0 saturated carbocycles. The molecule has 6 nitrogen and oxygen atoms in total. The highest BCUT2D eigenvalue weighted by Crippen LogP contribution is 2.28. The molecule has 1 atom stereocenters. The number of para-hydroxylation sites is 1. The van der Waals surface area contributed by atoms with E-state index in [2.05, 4.69) is 19.2 Å². The summed E-state index contributed by atoms with van der Waals surface area (Å²) >= 11 is 1.53. The molecule has 3 aromatic rings. The number of nitrogens with zero attached hydrogens (tertiary/aromatic N) is 3. The number of amides is 1. The van der Waals surface area contributed by atoms with Crippen LogP contribution in [0.1, 0.15) is 54.2 Å². The number of fused-ring (bicyclic) bond motifs is 1. The molecule has 1 aromatic carbocycles. The number of carbonyl (C=O) groups excluding carboxylic acids is 1. The molecule has 2 aromatic heterocycles. The van der Waals surface area contributed by atoms with Crippen LogP contribution in [0, 0.1) is 13.8 Å². The second-order valence-electron chi connectivity index (χ2n) is 8.23. The third kappa shape index (κ3) is 4.43. The van der Waals surface area contributed by atoms with Crippen LogP contribution < -0.4 is 10.9 Å². The second-order valence-corrected chi connectivity index (χ2v) is 9.43. The zero-order valence-electron chi connectivity index (χ0n) is 19.5.